The Bertz CT molecular complexity index is 874. The minimum absolute atomic E-state index is 0.237. The number of nitrogens with zero attached hydrogens (tertiary/aromatic N) is 4. The average molecular weight is 351 g/mol. The Morgan fingerprint density at radius 3 is 2.50 bits per heavy atom. The molecule has 1 N–H and O–H groups in total. The van der Waals surface area contributed by atoms with Crippen LogP contribution in [0.15, 0.2) is 55.2 Å². The van der Waals surface area contributed by atoms with Gasteiger partial charge in [0.2, 0.25) is 0 Å². The second-order valence-electron chi connectivity index (χ2n) is 5.52. The van der Waals surface area contributed by atoms with Gasteiger partial charge in [-0.25, -0.2) is 14.5 Å². The molecule has 1 aromatic carbocycles. The molecule has 0 saturated carbocycles. The molecule has 0 radical (unpaired) electrons. The van der Waals surface area contributed by atoms with Crippen molar-refractivity contribution in [3.8, 4) is 0 Å². The van der Waals surface area contributed by atoms with Crippen molar-refractivity contribution in [1.29, 1.82) is 0 Å². The Balaban J connectivity index is 1.54. The number of nitrogens with one attached hydrogen (secondary N) is 1. The van der Waals surface area contributed by atoms with Gasteiger partial charge in [-0.15, -0.1) is 0 Å². The van der Waals surface area contributed by atoms with Crippen molar-refractivity contribution >= 4 is 11.9 Å². The Kier molecular flexibility index (Phi) is 5.33. The molecule has 2 aromatic heterocycles. The number of benzene rings is 1. The summed E-state index contributed by atoms with van der Waals surface area (Å²) < 4.78 is 6.33. The zero-order valence-electron chi connectivity index (χ0n) is 14.1. The number of aromatic nitrogens is 4. The summed E-state index contributed by atoms with van der Waals surface area (Å²) >= 11 is 0. The molecule has 2 heterocycles. The van der Waals surface area contributed by atoms with Gasteiger partial charge in [-0.05, 0) is 23.3 Å². The first kappa shape index (κ1) is 17.3. The zero-order chi connectivity index (χ0) is 18.4. The Morgan fingerprint density at radius 1 is 1.12 bits per heavy atom. The standard InChI is InChI=1S/C18H17N5O3/c1-26-18(25)15-6-7-16(20-9-15)17(24)21-8-13-2-4-14(5-3-13)10-23-12-19-11-22-23/h2-7,9,11-12H,8,10H2,1H3,(H,21,24). The van der Waals surface area contributed by atoms with E-state index in [9.17, 15) is 9.59 Å². The molecule has 8 nitrogen and oxygen atoms in total. The number of hydrogen-bond acceptors (Lipinski definition) is 6. The minimum Gasteiger partial charge on any atom is -0.465 e. The van der Waals surface area contributed by atoms with Crippen molar-refractivity contribution in [2.75, 3.05) is 7.11 Å². The van der Waals surface area contributed by atoms with Gasteiger partial charge in [0.1, 0.15) is 18.3 Å². The molecular weight excluding hydrogens is 334 g/mol. The van der Waals surface area contributed by atoms with E-state index in [2.05, 4.69) is 25.1 Å². The molecule has 3 rings (SSSR count). The lowest BCUT2D eigenvalue weighted by atomic mass is 10.1. The van der Waals surface area contributed by atoms with Crippen LogP contribution in [0.25, 0.3) is 0 Å². The lowest BCUT2D eigenvalue weighted by Crippen LogP contribution is -2.24. The molecule has 3 aromatic rings. The van der Waals surface area contributed by atoms with Crippen LogP contribution in [0, 0.1) is 0 Å². The summed E-state index contributed by atoms with van der Waals surface area (Å²) in [6, 6.07) is 10.8. The number of carbonyl (C=O) groups excluding carboxylic acids is 2. The predicted molar refractivity (Wildman–Crippen MR) is 92.3 cm³/mol. The quantitative estimate of drug-likeness (QED) is 0.675. The van der Waals surface area contributed by atoms with E-state index >= 15 is 0 Å². The van der Waals surface area contributed by atoms with Crippen LogP contribution >= 0.6 is 0 Å². The highest BCUT2D eigenvalue weighted by molar-refractivity contribution is 5.94. The average Bonchev–Trinajstić information content (AvgIpc) is 3.19. The first-order valence-electron chi connectivity index (χ1n) is 7.88. The minimum atomic E-state index is -0.490. The Labute approximate surface area is 149 Å². The van der Waals surface area contributed by atoms with Crippen LogP contribution in [0.3, 0.4) is 0 Å². The summed E-state index contributed by atoms with van der Waals surface area (Å²) in [6.07, 6.45) is 4.47. The van der Waals surface area contributed by atoms with Crippen molar-refractivity contribution in [3.05, 3.63) is 77.6 Å². The number of amides is 1. The fourth-order valence-electron chi connectivity index (χ4n) is 2.30. The molecule has 26 heavy (non-hydrogen) atoms. The van der Waals surface area contributed by atoms with Crippen LogP contribution < -0.4 is 5.32 Å². The summed E-state index contributed by atoms with van der Waals surface area (Å²) in [6.45, 7) is 1.02. The van der Waals surface area contributed by atoms with Gasteiger partial charge in [-0.3, -0.25) is 9.78 Å². The van der Waals surface area contributed by atoms with Crippen LogP contribution in [0.4, 0.5) is 0 Å². The molecule has 0 aliphatic carbocycles. The molecule has 0 bridgehead atoms. The van der Waals surface area contributed by atoms with Crippen molar-refractivity contribution in [2.24, 2.45) is 0 Å². The SMILES string of the molecule is COC(=O)c1ccc(C(=O)NCc2ccc(Cn3cncn3)cc2)nc1. The first-order chi connectivity index (χ1) is 12.7. The van der Waals surface area contributed by atoms with E-state index < -0.39 is 5.97 Å². The van der Waals surface area contributed by atoms with Crippen molar-refractivity contribution < 1.29 is 14.3 Å². The van der Waals surface area contributed by atoms with Crippen LogP contribution in [-0.2, 0) is 17.8 Å². The van der Waals surface area contributed by atoms with E-state index in [1.165, 1.54) is 31.8 Å². The van der Waals surface area contributed by atoms with Gasteiger partial charge in [-0.2, -0.15) is 5.10 Å². The van der Waals surface area contributed by atoms with Gasteiger partial charge in [0.25, 0.3) is 5.91 Å². The zero-order valence-corrected chi connectivity index (χ0v) is 14.1. The maximum absolute atomic E-state index is 12.1. The third-order valence-corrected chi connectivity index (χ3v) is 3.70. The van der Waals surface area contributed by atoms with Crippen LogP contribution in [0.5, 0.6) is 0 Å². The number of rotatable bonds is 6. The van der Waals surface area contributed by atoms with Gasteiger partial charge in [0, 0.05) is 12.7 Å². The lowest BCUT2D eigenvalue weighted by Gasteiger charge is -2.07. The third kappa shape index (κ3) is 4.29. The number of esters is 1. The second-order valence-corrected chi connectivity index (χ2v) is 5.52. The molecule has 0 fully saturated rings. The normalized spacial score (nSPS) is 10.3. The van der Waals surface area contributed by atoms with E-state index in [-0.39, 0.29) is 11.6 Å². The fourth-order valence-corrected chi connectivity index (χ4v) is 2.30. The van der Waals surface area contributed by atoms with E-state index in [1.54, 1.807) is 11.0 Å². The number of carbonyl (C=O) groups is 2. The molecule has 0 unspecified atom stereocenters. The predicted octanol–water partition coefficient (Wildman–Crippen LogP) is 1.44. The highest BCUT2D eigenvalue weighted by Gasteiger charge is 2.10. The monoisotopic (exact) mass is 351 g/mol. The van der Waals surface area contributed by atoms with Crippen LogP contribution in [0.1, 0.15) is 32.0 Å². The molecular formula is C18H17N5O3. The molecule has 1 amide bonds. The first-order valence-corrected chi connectivity index (χ1v) is 7.88. The highest BCUT2D eigenvalue weighted by atomic mass is 16.5. The Morgan fingerprint density at radius 2 is 1.88 bits per heavy atom. The van der Waals surface area contributed by atoms with Crippen molar-refractivity contribution in [2.45, 2.75) is 13.1 Å². The maximum atomic E-state index is 12.1. The van der Waals surface area contributed by atoms with Gasteiger partial charge in [-0.1, -0.05) is 24.3 Å². The molecule has 0 aliphatic rings. The maximum Gasteiger partial charge on any atom is 0.339 e. The number of pyridine rings is 1. The van der Waals surface area contributed by atoms with E-state index in [4.69, 9.17) is 0 Å². The number of hydrogen-bond donors (Lipinski definition) is 1. The number of ether oxygens (including phenoxy) is 1. The lowest BCUT2D eigenvalue weighted by molar-refractivity contribution is 0.0599. The van der Waals surface area contributed by atoms with Crippen molar-refractivity contribution in [1.82, 2.24) is 25.1 Å². The van der Waals surface area contributed by atoms with Crippen LogP contribution in [-0.4, -0.2) is 38.7 Å². The van der Waals surface area contributed by atoms with Crippen LogP contribution in [0.2, 0.25) is 0 Å². The van der Waals surface area contributed by atoms with Crippen molar-refractivity contribution in [3.63, 3.8) is 0 Å². The van der Waals surface area contributed by atoms with Gasteiger partial charge < -0.3 is 10.1 Å². The second kappa shape index (κ2) is 8.02. The van der Waals surface area contributed by atoms with E-state index in [0.717, 1.165) is 11.1 Å². The smallest absolute Gasteiger partial charge is 0.339 e. The summed E-state index contributed by atoms with van der Waals surface area (Å²) in [7, 11) is 1.29. The van der Waals surface area contributed by atoms with Gasteiger partial charge >= 0.3 is 5.97 Å². The summed E-state index contributed by atoms with van der Waals surface area (Å²) in [5, 5.41) is 6.86. The summed E-state index contributed by atoms with van der Waals surface area (Å²) in [4.78, 5) is 31.4. The molecule has 8 heteroatoms. The molecule has 0 spiro atoms. The summed E-state index contributed by atoms with van der Waals surface area (Å²) in [5.74, 6) is -0.802. The van der Waals surface area contributed by atoms with E-state index in [0.29, 0.717) is 18.7 Å². The molecule has 0 saturated heterocycles. The highest BCUT2D eigenvalue weighted by Crippen LogP contribution is 2.07. The topological polar surface area (TPSA) is 99.0 Å². The molecule has 0 aliphatic heterocycles. The number of methoxy groups -OCH3 is 1. The van der Waals surface area contributed by atoms with Gasteiger partial charge in [0.05, 0.1) is 19.2 Å². The fraction of sp³-hybridized carbons (Fsp3) is 0.167. The largest absolute Gasteiger partial charge is 0.465 e. The third-order valence-electron chi connectivity index (χ3n) is 3.70. The molecule has 0 atom stereocenters. The summed E-state index contributed by atoms with van der Waals surface area (Å²) in [5.41, 5.74) is 2.59. The van der Waals surface area contributed by atoms with E-state index in [1.807, 2.05) is 24.3 Å². The van der Waals surface area contributed by atoms with Gasteiger partial charge in [0.15, 0.2) is 0 Å². The molecule has 132 valence electrons. The Hall–Kier alpha value is -3.55.